The van der Waals surface area contributed by atoms with Crippen LogP contribution in [-0.2, 0) is 11.2 Å². The molecule has 0 radical (unpaired) electrons. The molecule has 1 saturated heterocycles. The number of thioether (sulfide) groups is 1. The third kappa shape index (κ3) is 5.17. The lowest BCUT2D eigenvalue weighted by atomic mass is 9.90. The molecule has 3 aromatic rings. The number of phenolic OH excluding ortho intramolecular Hbond substituents is 1. The molecule has 1 N–H and O–H groups in total. The molecule has 0 bridgehead atoms. The Bertz CT molecular complexity index is 935. The highest BCUT2D eigenvalue weighted by Gasteiger charge is 2.23. The lowest BCUT2D eigenvalue weighted by Gasteiger charge is -2.32. The van der Waals surface area contributed by atoms with Gasteiger partial charge in [0.15, 0.2) is 0 Å². The highest BCUT2D eigenvalue weighted by molar-refractivity contribution is 7.99. The Balaban J connectivity index is 1.24. The molecule has 7 heteroatoms. The van der Waals surface area contributed by atoms with Crippen molar-refractivity contribution in [2.24, 2.45) is 5.92 Å². The fraction of sp³-hybridized carbons (Fsp3) is 0.318. The molecule has 1 fully saturated rings. The van der Waals surface area contributed by atoms with Crippen molar-refractivity contribution in [3.63, 3.8) is 0 Å². The van der Waals surface area contributed by atoms with Crippen molar-refractivity contribution in [1.82, 2.24) is 15.1 Å². The van der Waals surface area contributed by atoms with E-state index in [1.165, 1.54) is 17.3 Å². The molecule has 1 amide bonds. The minimum absolute atomic E-state index is 0.109. The Morgan fingerprint density at radius 2 is 1.79 bits per heavy atom. The molecule has 1 aliphatic rings. The number of aromatic nitrogens is 2. The van der Waals surface area contributed by atoms with Gasteiger partial charge in [0.25, 0.3) is 5.22 Å². The van der Waals surface area contributed by atoms with Crippen LogP contribution in [0.2, 0.25) is 0 Å². The standard InChI is InChI=1S/C22H23N3O3S/c26-19-8-6-18(7-9-19)21-23-24-22(28-21)29-15-20(27)25-12-10-17(11-13-25)14-16-4-2-1-3-5-16/h1-9,17,26H,10-15H2. The molecule has 6 nitrogen and oxygen atoms in total. The van der Waals surface area contributed by atoms with Gasteiger partial charge in [-0.1, -0.05) is 42.1 Å². The number of nitrogens with zero attached hydrogens (tertiary/aromatic N) is 3. The lowest BCUT2D eigenvalue weighted by Crippen LogP contribution is -2.39. The van der Waals surface area contributed by atoms with Gasteiger partial charge >= 0.3 is 0 Å². The van der Waals surface area contributed by atoms with Crippen LogP contribution < -0.4 is 0 Å². The van der Waals surface area contributed by atoms with Crippen molar-refractivity contribution in [3.05, 3.63) is 60.2 Å². The van der Waals surface area contributed by atoms with Crippen molar-refractivity contribution in [3.8, 4) is 17.2 Å². The van der Waals surface area contributed by atoms with E-state index in [4.69, 9.17) is 4.42 Å². The predicted molar refractivity (Wildman–Crippen MR) is 112 cm³/mol. The maximum Gasteiger partial charge on any atom is 0.277 e. The maximum absolute atomic E-state index is 12.5. The Morgan fingerprint density at radius 3 is 2.52 bits per heavy atom. The first kappa shape index (κ1) is 19.5. The predicted octanol–water partition coefficient (Wildman–Crippen LogP) is 4.02. The molecular weight excluding hydrogens is 386 g/mol. The Morgan fingerprint density at radius 1 is 1.07 bits per heavy atom. The minimum Gasteiger partial charge on any atom is -0.508 e. The monoisotopic (exact) mass is 409 g/mol. The second-order valence-corrected chi connectivity index (χ2v) is 8.15. The van der Waals surface area contributed by atoms with Gasteiger partial charge in [-0.3, -0.25) is 4.79 Å². The highest BCUT2D eigenvalue weighted by atomic mass is 32.2. The number of phenols is 1. The van der Waals surface area contributed by atoms with Gasteiger partial charge in [0.2, 0.25) is 11.8 Å². The molecule has 0 unspecified atom stereocenters. The highest BCUT2D eigenvalue weighted by Crippen LogP contribution is 2.26. The summed E-state index contributed by atoms with van der Waals surface area (Å²) in [7, 11) is 0. The van der Waals surface area contributed by atoms with E-state index in [2.05, 4.69) is 34.5 Å². The second-order valence-electron chi connectivity index (χ2n) is 7.22. The SMILES string of the molecule is O=C(CSc1nnc(-c2ccc(O)cc2)o1)N1CCC(Cc2ccccc2)CC1. The van der Waals surface area contributed by atoms with Crippen LogP contribution in [0.3, 0.4) is 0 Å². The zero-order chi connectivity index (χ0) is 20.1. The van der Waals surface area contributed by atoms with E-state index in [1.54, 1.807) is 24.3 Å². The average Bonchev–Trinajstić information content (AvgIpc) is 3.23. The van der Waals surface area contributed by atoms with Crippen LogP contribution in [0.5, 0.6) is 5.75 Å². The molecule has 0 atom stereocenters. The maximum atomic E-state index is 12.5. The lowest BCUT2D eigenvalue weighted by molar-refractivity contribution is -0.129. The molecule has 2 heterocycles. The van der Waals surface area contributed by atoms with E-state index < -0.39 is 0 Å². The number of benzene rings is 2. The van der Waals surface area contributed by atoms with Gasteiger partial charge in [0, 0.05) is 18.7 Å². The van der Waals surface area contributed by atoms with E-state index in [1.807, 2.05) is 11.0 Å². The molecule has 0 saturated carbocycles. The number of hydrogen-bond donors (Lipinski definition) is 1. The van der Waals surface area contributed by atoms with E-state index >= 15 is 0 Å². The fourth-order valence-electron chi connectivity index (χ4n) is 3.54. The van der Waals surface area contributed by atoms with Crippen LogP contribution in [0.1, 0.15) is 18.4 Å². The van der Waals surface area contributed by atoms with Gasteiger partial charge in [0.05, 0.1) is 5.75 Å². The molecule has 2 aromatic carbocycles. The van der Waals surface area contributed by atoms with Gasteiger partial charge < -0.3 is 14.4 Å². The summed E-state index contributed by atoms with van der Waals surface area (Å²) in [6.45, 7) is 1.61. The van der Waals surface area contributed by atoms with Crippen LogP contribution >= 0.6 is 11.8 Å². The first-order valence-corrected chi connectivity index (χ1v) is 10.7. The molecule has 150 valence electrons. The van der Waals surface area contributed by atoms with Gasteiger partial charge in [0.1, 0.15) is 5.75 Å². The van der Waals surface area contributed by atoms with Gasteiger partial charge in [-0.05, 0) is 55.0 Å². The summed E-state index contributed by atoms with van der Waals surface area (Å²) < 4.78 is 5.62. The number of rotatable bonds is 6. The Hall–Kier alpha value is -2.80. The molecule has 1 aromatic heterocycles. The number of piperidine rings is 1. The Kier molecular flexibility index (Phi) is 6.14. The van der Waals surface area contributed by atoms with Crippen LogP contribution in [0.15, 0.2) is 64.2 Å². The summed E-state index contributed by atoms with van der Waals surface area (Å²) in [6, 6.07) is 17.1. The number of carbonyl (C=O) groups excluding carboxylic acids is 1. The molecule has 0 aliphatic carbocycles. The first-order valence-electron chi connectivity index (χ1n) is 9.75. The normalized spacial score (nSPS) is 14.8. The summed E-state index contributed by atoms with van der Waals surface area (Å²) in [6.07, 6.45) is 3.16. The smallest absolute Gasteiger partial charge is 0.277 e. The van der Waals surface area contributed by atoms with Gasteiger partial charge in [-0.25, -0.2) is 0 Å². The molecular formula is C22H23N3O3S. The van der Waals surface area contributed by atoms with E-state index in [0.29, 0.717) is 22.8 Å². The fourth-order valence-corrected chi connectivity index (χ4v) is 4.20. The van der Waals surface area contributed by atoms with Crippen molar-refractivity contribution in [2.45, 2.75) is 24.5 Å². The van der Waals surface area contributed by atoms with Crippen LogP contribution in [0, 0.1) is 5.92 Å². The van der Waals surface area contributed by atoms with Crippen LogP contribution in [0.25, 0.3) is 11.5 Å². The largest absolute Gasteiger partial charge is 0.508 e. The number of likely N-dealkylation sites (tertiary alicyclic amines) is 1. The van der Waals surface area contributed by atoms with Crippen LogP contribution in [-0.4, -0.2) is 45.0 Å². The van der Waals surface area contributed by atoms with E-state index in [9.17, 15) is 9.90 Å². The van der Waals surface area contributed by atoms with Crippen molar-refractivity contribution in [2.75, 3.05) is 18.8 Å². The average molecular weight is 410 g/mol. The topological polar surface area (TPSA) is 79.5 Å². The minimum atomic E-state index is 0.109. The molecule has 4 rings (SSSR count). The second kappa shape index (κ2) is 9.13. The van der Waals surface area contributed by atoms with Crippen molar-refractivity contribution < 1.29 is 14.3 Å². The van der Waals surface area contributed by atoms with Gasteiger partial charge in [-0.15, -0.1) is 10.2 Å². The number of hydrogen-bond acceptors (Lipinski definition) is 6. The number of carbonyl (C=O) groups is 1. The summed E-state index contributed by atoms with van der Waals surface area (Å²) in [5.74, 6) is 1.60. The third-order valence-corrected chi connectivity index (χ3v) is 5.98. The quantitative estimate of drug-likeness (QED) is 0.620. The molecule has 0 spiro atoms. The van der Waals surface area contributed by atoms with Gasteiger partial charge in [-0.2, -0.15) is 0 Å². The number of amides is 1. The van der Waals surface area contributed by atoms with E-state index in [0.717, 1.165) is 37.9 Å². The summed E-state index contributed by atoms with van der Waals surface area (Å²) in [4.78, 5) is 14.5. The van der Waals surface area contributed by atoms with Crippen molar-refractivity contribution >= 4 is 17.7 Å². The zero-order valence-electron chi connectivity index (χ0n) is 16.0. The molecule has 1 aliphatic heterocycles. The third-order valence-electron chi connectivity index (χ3n) is 5.17. The summed E-state index contributed by atoms with van der Waals surface area (Å²) in [5.41, 5.74) is 2.10. The first-order chi connectivity index (χ1) is 14.2. The summed E-state index contributed by atoms with van der Waals surface area (Å²) >= 11 is 1.26. The number of aromatic hydroxyl groups is 1. The van der Waals surface area contributed by atoms with Crippen molar-refractivity contribution in [1.29, 1.82) is 0 Å². The Labute approximate surface area is 174 Å². The molecule has 29 heavy (non-hydrogen) atoms. The van der Waals surface area contributed by atoms with Crippen LogP contribution in [0.4, 0.5) is 0 Å². The zero-order valence-corrected chi connectivity index (χ0v) is 16.8. The summed E-state index contributed by atoms with van der Waals surface area (Å²) in [5, 5.41) is 17.7. The van der Waals surface area contributed by atoms with E-state index in [-0.39, 0.29) is 11.7 Å².